The minimum Gasteiger partial charge on any atom is -0.324 e. The summed E-state index contributed by atoms with van der Waals surface area (Å²) in [5.74, 6) is -0.0576. The highest BCUT2D eigenvalue weighted by molar-refractivity contribution is 9.10. The van der Waals surface area contributed by atoms with Gasteiger partial charge in [-0.1, -0.05) is 15.9 Å². The number of nitrogens with zero attached hydrogens (tertiary/aromatic N) is 3. The fourth-order valence-electron chi connectivity index (χ4n) is 3.76. The number of aryl methyl sites for hydroxylation is 1. The number of hydrogen-bond donors (Lipinski definition) is 3. The van der Waals surface area contributed by atoms with Crippen LogP contribution in [0.2, 0.25) is 0 Å². The number of pyridine rings is 1. The Balaban J connectivity index is 1.47. The molecule has 1 fully saturated rings. The van der Waals surface area contributed by atoms with E-state index in [0.717, 1.165) is 47.2 Å². The Morgan fingerprint density at radius 2 is 1.61 bits per heavy atom. The van der Waals surface area contributed by atoms with Crippen molar-refractivity contribution in [1.29, 1.82) is 0 Å². The van der Waals surface area contributed by atoms with Gasteiger partial charge in [-0.15, -0.1) is 0 Å². The van der Waals surface area contributed by atoms with Crippen molar-refractivity contribution in [2.75, 3.05) is 55.7 Å². The molecule has 0 radical (unpaired) electrons. The highest BCUT2D eigenvalue weighted by atomic mass is 79.9. The van der Waals surface area contributed by atoms with Gasteiger partial charge in [0.2, 0.25) is 5.91 Å². The number of likely N-dealkylation sites (N-methyl/N-ethyl adjacent to an activating group) is 1. The zero-order chi connectivity index (χ0) is 23.4. The summed E-state index contributed by atoms with van der Waals surface area (Å²) in [6.45, 7) is 5.92. The van der Waals surface area contributed by atoms with E-state index < -0.39 is 0 Å². The molecule has 0 bridgehead atoms. The summed E-state index contributed by atoms with van der Waals surface area (Å²) in [7, 11) is 2.09. The summed E-state index contributed by atoms with van der Waals surface area (Å²) < 4.78 is 0.938. The summed E-state index contributed by atoms with van der Waals surface area (Å²) in [5.41, 5.74) is 3.55. The van der Waals surface area contributed by atoms with Gasteiger partial charge in [0, 0.05) is 53.1 Å². The smallest absolute Gasteiger partial charge is 0.323 e. The number of benzene rings is 2. The van der Waals surface area contributed by atoms with Crippen molar-refractivity contribution in [3.05, 3.63) is 58.7 Å². The van der Waals surface area contributed by atoms with E-state index in [-0.39, 0.29) is 11.9 Å². The molecule has 9 heteroatoms. The van der Waals surface area contributed by atoms with Gasteiger partial charge < -0.3 is 20.9 Å². The van der Waals surface area contributed by atoms with Gasteiger partial charge in [-0.05, 0) is 62.5 Å². The molecule has 2 heterocycles. The maximum atomic E-state index is 12.7. The van der Waals surface area contributed by atoms with Crippen molar-refractivity contribution < 1.29 is 9.59 Å². The van der Waals surface area contributed by atoms with Crippen LogP contribution in [0, 0.1) is 6.92 Å². The van der Waals surface area contributed by atoms with E-state index in [9.17, 15) is 9.59 Å². The predicted octanol–water partition coefficient (Wildman–Crippen LogP) is 4.14. The summed E-state index contributed by atoms with van der Waals surface area (Å²) in [5, 5.41) is 9.47. The van der Waals surface area contributed by atoms with Crippen LogP contribution in [0.1, 0.15) is 5.69 Å². The van der Waals surface area contributed by atoms with E-state index in [1.54, 1.807) is 6.07 Å². The number of carbonyl (C=O) groups excluding carboxylic acids is 2. The van der Waals surface area contributed by atoms with Crippen LogP contribution in [0.3, 0.4) is 0 Å². The highest BCUT2D eigenvalue weighted by Gasteiger charge is 2.17. The molecule has 1 aliphatic rings. The van der Waals surface area contributed by atoms with Crippen LogP contribution in [0.4, 0.5) is 21.9 Å². The average molecular weight is 511 g/mol. The molecule has 0 atom stereocenters. The predicted molar refractivity (Wildman–Crippen MR) is 136 cm³/mol. The number of urea groups is 1. The van der Waals surface area contributed by atoms with Crippen molar-refractivity contribution in [3.8, 4) is 0 Å². The van der Waals surface area contributed by atoms with Crippen molar-refractivity contribution in [2.45, 2.75) is 6.92 Å². The second kappa shape index (κ2) is 10.3. The first-order chi connectivity index (χ1) is 15.9. The number of carbonyl (C=O) groups is 2. The zero-order valence-corrected chi connectivity index (χ0v) is 20.3. The molecular weight excluding hydrogens is 484 g/mol. The minimum absolute atomic E-state index is 0.0576. The molecule has 4 rings (SSSR count). The van der Waals surface area contributed by atoms with Crippen LogP contribution >= 0.6 is 15.9 Å². The van der Waals surface area contributed by atoms with Crippen molar-refractivity contribution in [1.82, 2.24) is 14.8 Å². The number of anilines is 3. The molecule has 3 N–H and O–H groups in total. The standard InChI is InChI=1S/C24H27BrN6O2/c1-16-13-22(29-23(32)15-31-11-9-30(2)10-12-31)20-14-19(7-8-21(20)26-16)28-24(33)27-18-5-3-17(25)4-6-18/h3-8,13-14H,9-12,15H2,1-2H3,(H,26,29,32)(H2,27,28,33). The Hall–Kier alpha value is -3.01. The van der Waals surface area contributed by atoms with Crippen LogP contribution in [-0.4, -0.2) is 66.5 Å². The third-order valence-corrected chi connectivity index (χ3v) is 6.06. The zero-order valence-electron chi connectivity index (χ0n) is 18.7. The van der Waals surface area contributed by atoms with Gasteiger partial charge in [0.1, 0.15) is 0 Å². The normalized spacial score (nSPS) is 14.8. The molecule has 3 amide bonds. The van der Waals surface area contributed by atoms with Crippen LogP contribution in [0.15, 0.2) is 53.0 Å². The Labute approximate surface area is 201 Å². The topological polar surface area (TPSA) is 89.6 Å². The van der Waals surface area contributed by atoms with Gasteiger partial charge in [0.15, 0.2) is 0 Å². The molecule has 0 unspecified atom stereocenters. The summed E-state index contributed by atoms with van der Waals surface area (Å²) in [6.07, 6.45) is 0. The van der Waals surface area contributed by atoms with E-state index in [4.69, 9.17) is 0 Å². The van der Waals surface area contributed by atoms with Crippen LogP contribution in [-0.2, 0) is 4.79 Å². The summed E-state index contributed by atoms with van der Waals surface area (Å²) in [6, 6.07) is 14.3. The van der Waals surface area contributed by atoms with Crippen molar-refractivity contribution in [3.63, 3.8) is 0 Å². The van der Waals surface area contributed by atoms with E-state index in [2.05, 4.69) is 53.7 Å². The number of nitrogens with one attached hydrogen (secondary N) is 3. The molecule has 1 saturated heterocycles. The molecule has 1 aromatic heterocycles. The fraction of sp³-hybridized carbons (Fsp3) is 0.292. The van der Waals surface area contributed by atoms with Gasteiger partial charge in [-0.3, -0.25) is 14.7 Å². The van der Waals surface area contributed by atoms with E-state index in [0.29, 0.717) is 23.6 Å². The summed E-state index contributed by atoms with van der Waals surface area (Å²) in [4.78, 5) is 34.2. The van der Waals surface area contributed by atoms with E-state index in [1.165, 1.54) is 0 Å². The van der Waals surface area contributed by atoms with E-state index >= 15 is 0 Å². The number of piperazine rings is 1. The lowest BCUT2D eigenvalue weighted by atomic mass is 10.1. The second-order valence-corrected chi connectivity index (χ2v) is 9.17. The SMILES string of the molecule is Cc1cc(NC(=O)CN2CCN(C)CC2)c2cc(NC(=O)Nc3ccc(Br)cc3)ccc2n1. The molecule has 33 heavy (non-hydrogen) atoms. The highest BCUT2D eigenvalue weighted by Crippen LogP contribution is 2.27. The van der Waals surface area contributed by atoms with Gasteiger partial charge in [0.25, 0.3) is 0 Å². The molecule has 0 spiro atoms. The molecule has 3 aromatic rings. The number of hydrogen-bond acceptors (Lipinski definition) is 5. The van der Waals surface area contributed by atoms with Crippen LogP contribution < -0.4 is 16.0 Å². The Morgan fingerprint density at radius 3 is 2.33 bits per heavy atom. The first-order valence-corrected chi connectivity index (χ1v) is 11.6. The Kier molecular flexibility index (Phi) is 7.22. The average Bonchev–Trinajstić information content (AvgIpc) is 2.77. The maximum absolute atomic E-state index is 12.7. The molecule has 8 nitrogen and oxygen atoms in total. The molecule has 0 saturated carbocycles. The van der Waals surface area contributed by atoms with E-state index in [1.807, 2.05) is 49.4 Å². The first-order valence-electron chi connectivity index (χ1n) is 10.8. The molecule has 172 valence electrons. The van der Waals surface area contributed by atoms with Crippen LogP contribution in [0.5, 0.6) is 0 Å². The van der Waals surface area contributed by atoms with Gasteiger partial charge in [0.05, 0.1) is 17.7 Å². The van der Waals surface area contributed by atoms with Crippen LogP contribution in [0.25, 0.3) is 10.9 Å². The largest absolute Gasteiger partial charge is 0.324 e. The molecule has 0 aliphatic carbocycles. The van der Waals surface area contributed by atoms with Gasteiger partial charge in [-0.2, -0.15) is 0 Å². The minimum atomic E-state index is -0.350. The van der Waals surface area contributed by atoms with Crippen molar-refractivity contribution >= 4 is 55.8 Å². The lowest BCUT2D eigenvalue weighted by Crippen LogP contribution is -2.47. The fourth-order valence-corrected chi connectivity index (χ4v) is 4.03. The number of amides is 3. The number of halogens is 1. The maximum Gasteiger partial charge on any atom is 0.323 e. The lowest BCUT2D eigenvalue weighted by Gasteiger charge is -2.31. The quantitative estimate of drug-likeness (QED) is 0.480. The Morgan fingerprint density at radius 1 is 0.939 bits per heavy atom. The third kappa shape index (κ3) is 6.28. The first kappa shape index (κ1) is 23.2. The second-order valence-electron chi connectivity index (χ2n) is 8.26. The molecule has 2 aromatic carbocycles. The number of fused-ring (bicyclic) bond motifs is 1. The van der Waals surface area contributed by atoms with Crippen molar-refractivity contribution in [2.24, 2.45) is 0 Å². The Bertz CT molecular complexity index is 1160. The molecular formula is C24H27BrN6O2. The monoisotopic (exact) mass is 510 g/mol. The van der Waals surface area contributed by atoms with Gasteiger partial charge in [-0.25, -0.2) is 4.79 Å². The number of rotatable bonds is 5. The summed E-state index contributed by atoms with van der Waals surface area (Å²) >= 11 is 3.38. The molecule has 1 aliphatic heterocycles. The third-order valence-electron chi connectivity index (χ3n) is 5.53. The lowest BCUT2D eigenvalue weighted by molar-refractivity contribution is -0.117. The number of aromatic nitrogens is 1. The van der Waals surface area contributed by atoms with Gasteiger partial charge >= 0.3 is 6.03 Å².